The van der Waals surface area contributed by atoms with Crippen molar-refractivity contribution in [3.8, 4) is 5.75 Å². The van der Waals surface area contributed by atoms with Crippen molar-refractivity contribution in [1.29, 1.82) is 0 Å². The number of thiol groups is 1. The van der Waals surface area contributed by atoms with Crippen LogP contribution in [0.4, 0.5) is 0 Å². The molecule has 68 valence electrons. The zero-order valence-corrected chi connectivity index (χ0v) is 8.04. The predicted molar refractivity (Wildman–Crippen MR) is 50.9 cm³/mol. The molecular formula is C8H13NO2S. The predicted octanol–water partition coefficient (Wildman–Crippen LogP) is 0.574. The summed E-state index contributed by atoms with van der Waals surface area (Å²) in [5, 5.41) is 5.48. The molecule has 0 bridgehead atoms. The highest BCUT2D eigenvalue weighted by molar-refractivity contribution is 8.00. The Hall–Kier alpha value is -0.870. The van der Waals surface area contributed by atoms with E-state index in [4.69, 9.17) is 9.88 Å². The molecule has 1 aromatic carbocycles. The molecule has 2 N–H and O–H groups in total. The average Bonchev–Trinajstić information content (AvgIpc) is 2.03. The molecule has 0 aliphatic rings. The first-order valence-electron chi connectivity index (χ1n) is 3.55. The highest BCUT2D eigenvalue weighted by Crippen LogP contribution is 2.17. The molecule has 0 radical (unpaired) electrons. The Morgan fingerprint density at radius 2 is 2.17 bits per heavy atom. The van der Waals surface area contributed by atoms with Crippen molar-refractivity contribution in [3.05, 3.63) is 24.3 Å². The first-order valence-corrected chi connectivity index (χ1v) is 5.77. The first kappa shape index (κ1) is 9.22. The quantitative estimate of drug-likeness (QED) is 0.665. The van der Waals surface area contributed by atoms with Gasteiger partial charge in [-0.25, -0.2) is 0 Å². The van der Waals surface area contributed by atoms with Gasteiger partial charge in [0.1, 0.15) is 5.75 Å². The van der Waals surface area contributed by atoms with Gasteiger partial charge in [0.2, 0.25) is 0 Å². The van der Waals surface area contributed by atoms with Crippen molar-refractivity contribution in [2.75, 3.05) is 13.4 Å². The Labute approximate surface area is 73.1 Å². The zero-order valence-electron chi connectivity index (χ0n) is 7.15. The van der Waals surface area contributed by atoms with Gasteiger partial charge in [-0.2, -0.15) is 0 Å². The molecule has 1 aromatic rings. The molecule has 0 fully saturated rings. The molecule has 0 aliphatic heterocycles. The fraction of sp³-hybridized carbons (Fsp3) is 0.250. The number of nitrogens with two attached hydrogens (primary N) is 1. The topological polar surface area (TPSA) is 52.3 Å². The zero-order chi connectivity index (χ0) is 9.19. The Morgan fingerprint density at radius 3 is 2.67 bits per heavy atom. The number of rotatable bonds is 2. The lowest BCUT2D eigenvalue weighted by Crippen LogP contribution is -2.20. The van der Waals surface area contributed by atoms with Crippen LogP contribution in [0.5, 0.6) is 5.75 Å². The van der Waals surface area contributed by atoms with Crippen molar-refractivity contribution in [3.63, 3.8) is 0 Å². The van der Waals surface area contributed by atoms with E-state index >= 15 is 0 Å². The lowest BCUT2D eigenvalue weighted by atomic mass is 10.3. The molecular weight excluding hydrogens is 174 g/mol. The van der Waals surface area contributed by atoms with E-state index in [9.17, 15) is 4.21 Å². The lowest BCUT2D eigenvalue weighted by molar-refractivity contribution is 0.413. The molecule has 0 aliphatic carbocycles. The number of benzene rings is 1. The van der Waals surface area contributed by atoms with Crippen LogP contribution >= 0.6 is 0 Å². The molecule has 0 atom stereocenters. The highest BCUT2D eigenvalue weighted by atomic mass is 32.3. The van der Waals surface area contributed by atoms with Gasteiger partial charge < -0.3 is 4.74 Å². The van der Waals surface area contributed by atoms with E-state index in [1.54, 1.807) is 31.4 Å². The maximum atomic E-state index is 11.4. The molecule has 0 saturated heterocycles. The van der Waals surface area contributed by atoms with Crippen LogP contribution in [-0.4, -0.2) is 17.6 Å². The van der Waals surface area contributed by atoms with Crippen molar-refractivity contribution in [2.45, 2.75) is 4.90 Å². The van der Waals surface area contributed by atoms with Gasteiger partial charge in [-0.15, -0.1) is 0 Å². The standard InChI is InChI=1S/C8H13NO2S/c1-11-7-4-3-5-8(6-7)12(2,9)10/h3-6,12H,1-2H3,(H2,9,10). The minimum absolute atomic E-state index is 0.641. The van der Waals surface area contributed by atoms with Crippen LogP contribution < -0.4 is 9.88 Å². The highest BCUT2D eigenvalue weighted by Gasteiger charge is 2.04. The smallest absolute Gasteiger partial charge is 0.120 e. The molecule has 0 saturated carbocycles. The lowest BCUT2D eigenvalue weighted by Gasteiger charge is -2.12. The summed E-state index contributed by atoms with van der Waals surface area (Å²) < 4.78 is 16.4. The molecule has 12 heavy (non-hydrogen) atoms. The van der Waals surface area contributed by atoms with Crippen LogP contribution in [0.1, 0.15) is 0 Å². The molecule has 0 heterocycles. The summed E-state index contributed by atoms with van der Waals surface area (Å²) >= 11 is 0. The van der Waals surface area contributed by atoms with E-state index in [1.807, 2.05) is 0 Å². The molecule has 0 spiro atoms. The third-order valence-electron chi connectivity index (χ3n) is 1.57. The third kappa shape index (κ3) is 2.06. The van der Waals surface area contributed by atoms with Gasteiger partial charge in [-0.3, -0.25) is 9.35 Å². The third-order valence-corrected chi connectivity index (χ3v) is 2.87. The van der Waals surface area contributed by atoms with Crippen LogP contribution in [0.2, 0.25) is 0 Å². The molecule has 0 aromatic heterocycles. The number of methoxy groups -OCH3 is 1. The van der Waals surface area contributed by atoms with Gasteiger partial charge in [0.25, 0.3) is 0 Å². The van der Waals surface area contributed by atoms with Crippen molar-refractivity contribution in [2.24, 2.45) is 5.14 Å². The first-order chi connectivity index (χ1) is 5.54. The van der Waals surface area contributed by atoms with Crippen LogP contribution in [-0.2, 0) is 10.1 Å². The Bertz CT molecular complexity index is 319. The van der Waals surface area contributed by atoms with E-state index in [1.165, 1.54) is 6.26 Å². The normalized spacial score (nSPS) is 12.6. The van der Waals surface area contributed by atoms with Gasteiger partial charge in [0, 0.05) is 11.2 Å². The monoisotopic (exact) mass is 187 g/mol. The Kier molecular flexibility index (Phi) is 2.49. The average molecular weight is 187 g/mol. The van der Waals surface area contributed by atoms with E-state index in [0.29, 0.717) is 10.6 Å². The fourth-order valence-electron chi connectivity index (χ4n) is 0.887. The summed E-state index contributed by atoms with van der Waals surface area (Å²) in [7, 11) is -1.07. The maximum absolute atomic E-state index is 11.4. The van der Waals surface area contributed by atoms with Crippen LogP contribution in [0, 0.1) is 0 Å². The minimum atomic E-state index is -2.64. The Morgan fingerprint density at radius 1 is 1.50 bits per heavy atom. The van der Waals surface area contributed by atoms with E-state index in [0.717, 1.165) is 0 Å². The molecule has 0 amide bonds. The molecule has 1 rings (SSSR count). The van der Waals surface area contributed by atoms with E-state index < -0.39 is 10.1 Å². The van der Waals surface area contributed by atoms with Crippen LogP contribution in [0.3, 0.4) is 0 Å². The summed E-state index contributed by atoms with van der Waals surface area (Å²) in [6, 6.07) is 7.00. The van der Waals surface area contributed by atoms with Gasteiger partial charge in [0.05, 0.1) is 7.11 Å². The summed E-state index contributed by atoms with van der Waals surface area (Å²) in [6.07, 6.45) is 1.53. The van der Waals surface area contributed by atoms with Gasteiger partial charge in [-0.1, -0.05) is 6.07 Å². The van der Waals surface area contributed by atoms with Gasteiger partial charge in [0.15, 0.2) is 0 Å². The van der Waals surface area contributed by atoms with Crippen LogP contribution in [0.25, 0.3) is 0 Å². The molecule has 0 unspecified atom stereocenters. The largest absolute Gasteiger partial charge is 0.497 e. The number of hydrogen-bond donors (Lipinski definition) is 2. The summed E-state index contributed by atoms with van der Waals surface area (Å²) in [6.45, 7) is 0. The SMILES string of the molecule is COc1cccc([SH](C)(N)=O)c1. The maximum Gasteiger partial charge on any atom is 0.120 e. The summed E-state index contributed by atoms with van der Waals surface area (Å²) in [5.74, 6) is 0.681. The second kappa shape index (κ2) is 3.25. The fourth-order valence-corrected chi connectivity index (χ4v) is 1.65. The minimum Gasteiger partial charge on any atom is -0.497 e. The van der Waals surface area contributed by atoms with Crippen molar-refractivity contribution in [1.82, 2.24) is 0 Å². The molecule has 4 heteroatoms. The van der Waals surface area contributed by atoms with Crippen molar-refractivity contribution < 1.29 is 8.95 Å². The van der Waals surface area contributed by atoms with Gasteiger partial charge in [-0.05, 0) is 28.3 Å². The van der Waals surface area contributed by atoms with Crippen LogP contribution in [0.15, 0.2) is 29.2 Å². The second-order valence-electron chi connectivity index (χ2n) is 2.69. The number of ether oxygens (including phenoxy) is 1. The second-order valence-corrected chi connectivity index (χ2v) is 5.19. The Balaban J connectivity index is 3.11. The van der Waals surface area contributed by atoms with Gasteiger partial charge >= 0.3 is 0 Å². The number of hydrogen-bond acceptors (Lipinski definition) is 2. The van der Waals surface area contributed by atoms with E-state index in [2.05, 4.69) is 0 Å². The summed E-state index contributed by atoms with van der Waals surface area (Å²) in [5.41, 5.74) is 0. The molecule has 3 nitrogen and oxygen atoms in total. The van der Waals surface area contributed by atoms with Crippen molar-refractivity contribution >= 4 is 10.1 Å². The summed E-state index contributed by atoms with van der Waals surface area (Å²) in [4.78, 5) is 0.641. The van der Waals surface area contributed by atoms with E-state index in [-0.39, 0.29) is 0 Å².